The van der Waals surface area contributed by atoms with Crippen LogP contribution in [-0.4, -0.2) is 55.0 Å². The van der Waals surface area contributed by atoms with E-state index >= 15 is 0 Å². The molecule has 6 heteroatoms. The number of carbonyl (C=O) groups excluding carboxylic acids is 2. The average Bonchev–Trinajstić information content (AvgIpc) is 3.43. The standard InChI is InChI=1S/C30H38N2O4/c1-3-4-6-10-26-14-16-27(17-15-26)30(34)32(20-22-35-2)24-29(33)31(23-28-13-9-21-36-28)19-18-25-11-7-5-8-12-25/h5,7-9,11-17,21H,3-4,6,10,18-20,22-24H2,1-2H3. The Morgan fingerprint density at radius 3 is 2.25 bits per heavy atom. The number of carbonyl (C=O) groups is 2. The van der Waals surface area contributed by atoms with Crippen molar-refractivity contribution in [2.75, 3.05) is 33.4 Å². The van der Waals surface area contributed by atoms with Crippen LogP contribution >= 0.6 is 0 Å². The predicted octanol–water partition coefficient (Wildman–Crippen LogP) is 5.37. The molecule has 3 aromatic rings. The van der Waals surface area contributed by atoms with Gasteiger partial charge in [-0.05, 0) is 54.7 Å². The summed E-state index contributed by atoms with van der Waals surface area (Å²) in [4.78, 5) is 30.1. The molecule has 0 aliphatic carbocycles. The van der Waals surface area contributed by atoms with Crippen molar-refractivity contribution < 1.29 is 18.7 Å². The number of furan rings is 1. The number of hydrogen-bond donors (Lipinski definition) is 0. The van der Waals surface area contributed by atoms with Crippen molar-refractivity contribution in [3.8, 4) is 0 Å². The molecule has 0 atom stereocenters. The minimum Gasteiger partial charge on any atom is -0.467 e. The lowest BCUT2D eigenvalue weighted by molar-refractivity contribution is -0.132. The first-order valence-electron chi connectivity index (χ1n) is 12.8. The summed E-state index contributed by atoms with van der Waals surface area (Å²) in [6, 6.07) is 21.5. The van der Waals surface area contributed by atoms with Crippen molar-refractivity contribution in [2.24, 2.45) is 0 Å². The molecule has 0 aliphatic rings. The molecule has 1 heterocycles. The van der Waals surface area contributed by atoms with Gasteiger partial charge in [0.1, 0.15) is 12.3 Å². The molecule has 36 heavy (non-hydrogen) atoms. The minimum atomic E-state index is -0.165. The zero-order chi connectivity index (χ0) is 25.6. The summed E-state index contributed by atoms with van der Waals surface area (Å²) in [6.07, 6.45) is 6.87. The van der Waals surface area contributed by atoms with E-state index in [1.54, 1.807) is 23.2 Å². The van der Waals surface area contributed by atoms with Gasteiger partial charge in [-0.1, -0.05) is 62.2 Å². The number of unbranched alkanes of at least 4 members (excludes halogenated alkanes) is 2. The highest BCUT2D eigenvalue weighted by Gasteiger charge is 2.23. The Labute approximate surface area is 214 Å². The Kier molecular flexibility index (Phi) is 11.3. The van der Waals surface area contributed by atoms with Crippen molar-refractivity contribution in [1.29, 1.82) is 0 Å². The number of nitrogens with zero attached hydrogens (tertiary/aromatic N) is 2. The van der Waals surface area contributed by atoms with Gasteiger partial charge in [0.25, 0.3) is 5.91 Å². The van der Waals surface area contributed by atoms with Gasteiger partial charge < -0.3 is 19.0 Å². The number of ether oxygens (including phenoxy) is 1. The third-order valence-electron chi connectivity index (χ3n) is 6.24. The monoisotopic (exact) mass is 490 g/mol. The van der Waals surface area contributed by atoms with E-state index in [0.29, 0.717) is 37.6 Å². The minimum absolute atomic E-state index is 0.0179. The molecule has 0 unspecified atom stereocenters. The van der Waals surface area contributed by atoms with Gasteiger partial charge in [-0.15, -0.1) is 0 Å². The number of benzene rings is 2. The van der Waals surface area contributed by atoms with E-state index < -0.39 is 0 Å². The van der Waals surface area contributed by atoms with Crippen LogP contribution < -0.4 is 0 Å². The molecule has 1 aromatic heterocycles. The summed E-state index contributed by atoms with van der Waals surface area (Å²) in [5.74, 6) is 0.425. The zero-order valence-corrected chi connectivity index (χ0v) is 21.5. The van der Waals surface area contributed by atoms with Gasteiger partial charge in [0.05, 0.1) is 19.4 Å². The Balaban J connectivity index is 1.69. The maximum Gasteiger partial charge on any atom is 0.254 e. The van der Waals surface area contributed by atoms with Gasteiger partial charge in [-0.3, -0.25) is 9.59 Å². The Bertz CT molecular complexity index is 1030. The molecule has 0 aliphatic heterocycles. The first kappa shape index (κ1) is 27.2. The van der Waals surface area contributed by atoms with Gasteiger partial charge in [-0.25, -0.2) is 0 Å². The van der Waals surface area contributed by atoms with Gasteiger partial charge in [-0.2, -0.15) is 0 Å². The van der Waals surface area contributed by atoms with Crippen LogP contribution in [0.3, 0.4) is 0 Å². The highest BCUT2D eigenvalue weighted by Crippen LogP contribution is 2.13. The molecular formula is C30H38N2O4. The molecule has 6 nitrogen and oxygen atoms in total. The first-order valence-corrected chi connectivity index (χ1v) is 12.8. The molecule has 192 valence electrons. The summed E-state index contributed by atoms with van der Waals surface area (Å²) in [5.41, 5.74) is 2.96. The number of rotatable bonds is 15. The fourth-order valence-corrected chi connectivity index (χ4v) is 4.08. The molecule has 0 N–H and O–H groups in total. The third-order valence-corrected chi connectivity index (χ3v) is 6.24. The molecule has 0 radical (unpaired) electrons. The highest BCUT2D eigenvalue weighted by molar-refractivity contribution is 5.96. The lowest BCUT2D eigenvalue weighted by Crippen LogP contribution is -2.44. The zero-order valence-electron chi connectivity index (χ0n) is 21.5. The molecule has 0 bridgehead atoms. The van der Waals surface area contributed by atoms with Gasteiger partial charge in [0.15, 0.2) is 0 Å². The first-order chi connectivity index (χ1) is 17.6. The Morgan fingerprint density at radius 1 is 0.833 bits per heavy atom. The fourth-order valence-electron chi connectivity index (χ4n) is 4.08. The largest absolute Gasteiger partial charge is 0.467 e. The second-order valence-electron chi connectivity index (χ2n) is 9.00. The molecule has 3 rings (SSSR count). The van der Waals surface area contributed by atoms with Crippen molar-refractivity contribution in [2.45, 2.75) is 45.6 Å². The molecule has 2 amide bonds. The van der Waals surface area contributed by atoms with E-state index in [0.717, 1.165) is 24.8 Å². The topological polar surface area (TPSA) is 63.0 Å². The van der Waals surface area contributed by atoms with Crippen molar-refractivity contribution >= 4 is 11.8 Å². The van der Waals surface area contributed by atoms with E-state index in [2.05, 4.69) is 19.1 Å². The quantitative estimate of drug-likeness (QED) is 0.269. The van der Waals surface area contributed by atoms with Crippen LogP contribution in [-0.2, 0) is 28.9 Å². The summed E-state index contributed by atoms with van der Waals surface area (Å²) >= 11 is 0. The smallest absolute Gasteiger partial charge is 0.254 e. The van der Waals surface area contributed by atoms with Crippen LogP contribution in [0, 0.1) is 0 Å². The van der Waals surface area contributed by atoms with E-state index in [-0.39, 0.29) is 18.4 Å². The van der Waals surface area contributed by atoms with E-state index in [1.807, 2.05) is 54.6 Å². The number of hydrogen-bond acceptors (Lipinski definition) is 4. The summed E-state index contributed by atoms with van der Waals surface area (Å²) in [6.45, 7) is 3.76. The fraction of sp³-hybridized carbons (Fsp3) is 0.400. The summed E-state index contributed by atoms with van der Waals surface area (Å²) in [7, 11) is 1.60. The molecule has 0 saturated heterocycles. The Hall–Kier alpha value is -3.38. The SMILES string of the molecule is CCCCCc1ccc(C(=O)N(CCOC)CC(=O)N(CCc2ccccc2)Cc2ccco2)cc1. The van der Waals surface area contributed by atoms with Crippen molar-refractivity contribution in [3.05, 3.63) is 95.4 Å². The van der Waals surface area contributed by atoms with Crippen molar-refractivity contribution in [1.82, 2.24) is 9.80 Å². The second kappa shape index (κ2) is 14.9. The number of methoxy groups -OCH3 is 1. The van der Waals surface area contributed by atoms with Gasteiger partial charge >= 0.3 is 0 Å². The predicted molar refractivity (Wildman–Crippen MR) is 142 cm³/mol. The van der Waals surface area contributed by atoms with Crippen molar-refractivity contribution in [3.63, 3.8) is 0 Å². The molecule has 0 fully saturated rings. The lowest BCUT2D eigenvalue weighted by atomic mass is 10.0. The van der Waals surface area contributed by atoms with Gasteiger partial charge in [0, 0.05) is 25.8 Å². The maximum atomic E-state index is 13.5. The summed E-state index contributed by atoms with van der Waals surface area (Å²) < 4.78 is 10.7. The maximum absolute atomic E-state index is 13.5. The van der Waals surface area contributed by atoms with E-state index in [9.17, 15) is 9.59 Å². The van der Waals surface area contributed by atoms with Crippen LogP contribution in [0.1, 0.15) is 53.4 Å². The molecular weight excluding hydrogens is 452 g/mol. The highest BCUT2D eigenvalue weighted by atomic mass is 16.5. The Morgan fingerprint density at radius 2 is 1.58 bits per heavy atom. The lowest BCUT2D eigenvalue weighted by Gasteiger charge is -2.27. The molecule has 2 aromatic carbocycles. The summed E-state index contributed by atoms with van der Waals surface area (Å²) in [5, 5.41) is 0. The average molecular weight is 491 g/mol. The number of amides is 2. The van der Waals surface area contributed by atoms with Gasteiger partial charge in [0.2, 0.25) is 5.91 Å². The third kappa shape index (κ3) is 8.68. The van der Waals surface area contributed by atoms with E-state index in [4.69, 9.17) is 9.15 Å². The van der Waals surface area contributed by atoms with Crippen LogP contribution in [0.5, 0.6) is 0 Å². The molecule has 0 saturated carbocycles. The van der Waals surface area contributed by atoms with Crippen LogP contribution in [0.25, 0.3) is 0 Å². The molecule has 0 spiro atoms. The van der Waals surface area contributed by atoms with Crippen LogP contribution in [0.15, 0.2) is 77.4 Å². The van der Waals surface area contributed by atoms with Crippen LogP contribution in [0.2, 0.25) is 0 Å². The number of aryl methyl sites for hydroxylation is 1. The normalized spacial score (nSPS) is 10.8. The second-order valence-corrected chi connectivity index (χ2v) is 9.00. The van der Waals surface area contributed by atoms with E-state index in [1.165, 1.54) is 18.4 Å². The van der Waals surface area contributed by atoms with Crippen LogP contribution in [0.4, 0.5) is 0 Å².